The van der Waals surface area contributed by atoms with Gasteiger partial charge in [0.2, 0.25) is 0 Å². The monoisotopic (exact) mass is 286 g/mol. The number of hydrogen-bond acceptors (Lipinski definition) is 3. The maximum absolute atomic E-state index is 13.1. The molecule has 0 unspecified atom stereocenters. The number of carbonyl (C=O) groups is 1. The van der Waals surface area contributed by atoms with Gasteiger partial charge in [-0.1, -0.05) is 18.2 Å². The molecule has 2 aromatic carbocycles. The molecule has 0 aliphatic rings. The van der Waals surface area contributed by atoms with Gasteiger partial charge in [-0.2, -0.15) is 0 Å². The van der Waals surface area contributed by atoms with Gasteiger partial charge in [0.05, 0.1) is 16.3 Å². The number of halogens is 1. The first kappa shape index (κ1) is 12.6. The van der Waals surface area contributed by atoms with Crippen LogP contribution < -0.4 is 11.1 Å². The number of nitrogens with one attached hydrogen (secondary N) is 1. The maximum atomic E-state index is 13.1. The van der Waals surface area contributed by atoms with Crippen LogP contribution in [0, 0.1) is 5.82 Å². The number of rotatable bonds is 2. The number of hydrogen-bond donors (Lipinski definition) is 2. The lowest BCUT2D eigenvalue weighted by molar-refractivity contribution is 0.103. The summed E-state index contributed by atoms with van der Waals surface area (Å²) < 4.78 is 13.9. The van der Waals surface area contributed by atoms with Crippen molar-refractivity contribution in [1.29, 1.82) is 0 Å². The first-order valence-electron chi connectivity index (χ1n) is 5.98. The molecule has 20 heavy (non-hydrogen) atoms. The van der Waals surface area contributed by atoms with Crippen LogP contribution in [0.4, 0.5) is 15.8 Å². The molecule has 0 aliphatic heterocycles. The molecule has 3 rings (SSSR count). The van der Waals surface area contributed by atoms with Crippen LogP contribution in [-0.2, 0) is 0 Å². The number of fused-ring (bicyclic) bond motifs is 1. The van der Waals surface area contributed by atoms with E-state index in [9.17, 15) is 9.18 Å². The Morgan fingerprint density at radius 1 is 1.15 bits per heavy atom. The van der Waals surface area contributed by atoms with Gasteiger partial charge in [0.15, 0.2) is 0 Å². The van der Waals surface area contributed by atoms with Crippen molar-refractivity contribution in [2.24, 2.45) is 0 Å². The zero-order valence-corrected chi connectivity index (χ0v) is 11.2. The van der Waals surface area contributed by atoms with E-state index in [4.69, 9.17) is 5.73 Å². The number of carbonyl (C=O) groups excluding carboxylic acids is 1. The number of amides is 1. The van der Waals surface area contributed by atoms with E-state index in [1.54, 1.807) is 36.4 Å². The molecular weight excluding hydrogens is 275 g/mol. The normalized spacial score (nSPS) is 10.7. The van der Waals surface area contributed by atoms with Gasteiger partial charge in [0.25, 0.3) is 5.91 Å². The minimum Gasteiger partial charge on any atom is -0.397 e. The molecule has 0 aliphatic carbocycles. The van der Waals surface area contributed by atoms with Crippen LogP contribution in [0.3, 0.4) is 0 Å². The summed E-state index contributed by atoms with van der Waals surface area (Å²) in [5.74, 6) is -0.553. The van der Waals surface area contributed by atoms with Crippen LogP contribution in [0.1, 0.15) is 9.67 Å². The Kier molecular flexibility index (Phi) is 3.12. The molecule has 3 N–H and O–H groups in total. The molecule has 1 heterocycles. The SMILES string of the molecule is Nc1ccccc1NC(=O)c1cc2ccc(F)cc2s1. The summed E-state index contributed by atoms with van der Waals surface area (Å²) in [5.41, 5.74) is 6.86. The van der Waals surface area contributed by atoms with Gasteiger partial charge in [-0.05, 0) is 35.7 Å². The predicted octanol–water partition coefficient (Wildman–Crippen LogP) is 3.87. The van der Waals surface area contributed by atoms with Gasteiger partial charge in [-0.3, -0.25) is 4.79 Å². The Bertz CT molecular complexity index is 797. The van der Waals surface area contributed by atoms with Gasteiger partial charge in [0, 0.05) is 4.70 Å². The lowest BCUT2D eigenvalue weighted by Gasteiger charge is -2.05. The Balaban J connectivity index is 1.91. The standard InChI is InChI=1S/C15H11FN2OS/c16-10-6-5-9-7-14(20-13(9)8-10)15(19)18-12-4-2-1-3-11(12)17/h1-8H,17H2,(H,18,19). The summed E-state index contributed by atoms with van der Waals surface area (Å²) in [6.45, 7) is 0. The Morgan fingerprint density at radius 3 is 2.75 bits per heavy atom. The van der Waals surface area contributed by atoms with Crippen LogP contribution in [0.15, 0.2) is 48.5 Å². The van der Waals surface area contributed by atoms with Crippen LogP contribution in [0.5, 0.6) is 0 Å². The second-order valence-electron chi connectivity index (χ2n) is 4.33. The van der Waals surface area contributed by atoms with Crippen molar-refractivity contribution in [1.82, 2.24) is 0 Å². The summed E-state index contributed by atoms with van der Waals surface area (Å²) in [5, 5.41) is 3.60. The quantitative estimate of drug-likeness (QED) is 0.702. The van der Waals surface area contributed by atoms with Gasteiger partial charge in [0.1, 0.15) is 5.82 Å². The number of thiophene rings is 1. The highest BCUT2D eigenvalue weighted by Crippen LogP contribution is 2.27. The van der Waals surface area contributed by atoms with Crippen molar-refractivity contribution in [2.45, 2.75) is 0 Å². The molecular formula is C15H11FN2OS. The number of nitrogens with two attached hydrogens (primary N) is 1. The van der Waals surface area contributed by atoms with Crippen LogP contribution in [0.25, 0.3) is 10.1 Å². The highest BCUT2D eigenvalue weighted by Gasteiger charge is 2.12. The second kappa shape index (κ2) is 4.94. The summed E-state index contributed by atoms with van der Waals surface area (Å²) in [4.78, 5) is 12.7. The first-order valence-corrected chi connectivity index (χ1v) is 6.80. The van der Waals surface area contributed by atoms with Gasteiger partial charge in [-0.25, -0.2) is 4.39 Å². The molecule has 0 spiro atoms. The third-order valence-corrected chi connectivity index (χ3v) is 4.01. The average Bonchev–Trinajstić information content (AvgIpc) is 2.84. The summed E-state index contributed by atoms with van der Waals surface area (Å²) in [7, 11) is 0. The topological polar surface area (TPSA) is 55.1 Å². The largest absolute Gasteiger partial charge is 0.397 e. The Morgan fingerprint density at radius 2 is 1.95 bits per heavy atom. The van der Waals surface area contributed by atoms with Crippen LogP contribution >= 0.6 is 11.3 Å². The molecule has 3 nitrogen and oxygen atoms in total. The molecule has 3 aromatic rings. The van der Waals surface area contributed by atoms with E-state index in [-0.39, 0.29) is 11.7 Å². The summed E-state index contributed by atoms with van der Waals surface area (Å²) in [6.07, 6.45) is 0. The molecule has 5 heteroatoms. The minimum absolute atomic E-state index is 0.246. The molecule has 0 saturated carbocycles. The smallest absolute Gasteiger partial charge is 0.265 e. The van der Waals surface area contributed by atoms with Crippen molar-refractivity contribution >= 4 is 38.7 Å². The predicted molar refractivity (Wildman–Crippen MR) is 80.6 cm³/mol. The molecule has 0 fully saturated rings. The van der Waals surface area contributed by atoms with Crippen molar-refractivity contribution in [2.75, 3.05) is 11.1 Å². The summed E-state index contributed by atoms with van der Waals surface area (Å²) >= 11 is 1.25. The zero-order valence-electron chi connectivity index (χ0n) is 10.4. The minimum atomic E-state index is -0.307. The fourth-order valence-electron chi connectivity index (χ4n) is 1.91. The molecule has 0 bridgehead atoms. The van der Waals surface area contributed by atoms with Gasteiger partial charge < -0.3 is 11.1 Å². The maximum Gasteiger partial charge on any atom is 0.265 e. The number of nitrogen functional groups attached to an aromatic ring is 1. The van der Waals surface area contributed by atoms with Crippen LogP contribution in [0.2, 0.25) is 0 Å². The molecule has 100 valence electrons. The van der Waals surface area contributed by atoms with E-state index in [2.05, 4.69) is 5.32 Å². The molecule has 0 saturated heterocycles. The van der Waals surface area contributed by atoms with E-state index >= 15 is 0 Å². The van der Waals surface area contributed by atoms with Gasteiger partial charge >= 0.3 is 0 Å². The van der Waals surface area contributed by atoms with E-state index in [1.165, 1.54) is 23.5 Å². The number of para-hydroxylation sites is 2. The zero-order chi connectivity index (χ0) is 14.1. The van der Waals surface area contributed by atoms with E-state index in [0.717, 1.165) is 10.1 Å². The van der Waals surface area contributed by atoms with Crippen molar-refractivity contribution in [3.63, 3.8) is 0 Å². The molecule has 1 aromatic heterocycles. The highest BCUT2D eigenvalue weighted by atomic mass is 32.1. The second-order valence-corrected chi connectivity index (χ2v) is 5.42. The number of benzene rings is 2. The molecule has 1 amide bonds. The fourth-order valence-corrected chi connectivity index (χ4v) is 2.89. The summed E-state index contributed by atoms with van der Waals surface area (Å²) in [6, 6.07) is 13.3. The average molecular weight is 286 g/mol. The number of anilines is 2. The van der Waals surface area contributed by atoms with E-state index in [0.29, 0.717) is 16.3 Å². The Labute approximate surface area is 118 Å². The van der Waals surface area contributed by atoms with E-state index < -0.39 is 0 Å². The molecule has 0 radical (unpaired) electrons. The third kappa shape index (κ3) is 2.35. The van der Waals surface area contributed by atoms with Crippen molar-refractivity contribution in [3.8, 4) is 0 Å². The highest BCUT2D eigenvalue weighted by molar-refractivity contribution is 7.20. The van der Waals surface area contributed by atoms with Gasteiger partial charge in [-0.15, -0.1) is 11.3 Å². The van der Waals surface area contributed by atoms with Crippen LogP contribution in [-0.4, -0.2) is 5.91 Å². The first-order chi connectivity index (χ1) is 9.63. The third-order valence-electron chi connectivity index (χ3n) is 2.91. The Hall–Kier alpha value is -2.40. The molecule has 0 atom stereocenters. The van der Waals surface area contributed by atoms with Crippen molar-refractivity contribution in [3.05, 3.63) is 59.2 Å². The lowest BCUT2D eigenvalue weighted by atomic mass is 10.2. The fraction of sp³-hybridized carbons (Fsp3) is 0. The lowest BCUT2D eigenvalue weighted by Crippen LogP contribution is -2.11. The van der Waals surface area contributed by atoms with Crippen molar-refractivity contribution < 1.29 is 9.18 Å². The van der Waals surface area contributed by atoms with E-state index in [1.807, 2.05) is 0 Å².